The minimum atomic E-state index is 0.641. The van der Waals surface area contributed by atoms with Crippen LogP contribution in [0.2, 0.25) is 0 Å². The van der Waals surface area contributed by atoms with E-state index in [0.29, 0.717) is 6.04 Å². The van der Waals surface area contributed by atoms with Crippen LogP contribution in [0.15, 0.2) is 18.2 Å². The molecule has 0 atom stereocenters. The smallest absolute Gasteiger partial charge is 0.0373 e. The molecule has 3 rings (SSSR count). The van der Waals surface area contributed by atoms with Crippen LogP contribution >= 0.6 is 0 Å². The molecule has 110 valence electrons. The fourth-order valence-electron chi connectivity index (χ4n) is 3.35. The van der Waals surface area contributed by atoms with E-state index < -0.39 is 0 Å². The normalized spacial score (nSPS) is 21.4. The molecule has 0 aromatic heterocycles. The van der Waals surface area contributed by atoms with Crippen molar-refractivity contribution in [2.24, 2.45) is 0 Å². The van der Waals surface area contributed by atoms with Gasteiger partial charge >= 0.3 is 0 Å². The van der Waals surface area contributed by atoms with Gasteiger partial charge in [0.05, 0.1) is 0 Å². The molecule has 2 heterocycles. The third-order valence-corrected chi connectivity index (χ3v) is 4.76. The summed E-state index contributed by atoms with van der Waals surface area (Å²) in [6.45, 7) is 7.10. The van der Waals surface area contributed by atoms with Crippen LogP contribution in [-0.2, 0) is 0 Å². The summed E-state index contributed by atoms with van der Waals surface area (Å²) < 4.78 is 0. The Morgan fingerprint density at radius 2 is 1.75 bits per heavy atom. The Kier molecular flexibility index (Phi) is 4.16. The number of piperidine rings is 1. The highest BCUT2D eigenvalue weighted by Gasteiger charge is 2.17. The van der Waals surface area contributed by atoms with Gasteiger partial charge in [0, 0.05) is 30.5 Å². The van der Waals surface area contributed by atoms with Gasteiger partial charge in [-0.2, -0.15) is 0 Å². The number of nitrogens with zero attached hydrogens (tertiary/aromatic N) is 2. The van der Waals surface area contributed by atoms with E-state index in [4.69, 9.17) is 0 Å². The molecule has 1 aromatic rings. The van der Waals surface area contributed by atoms with Gasteiger partial charge in [-0.15, -0.1) is 0 Å². The highest BCUT2D eigenvalue weighted by atomic mass is 15.1. The van der Waals surface area contributed by atoms with Gasteiger partial charge in [0.2, 0.25) is 0 Å². The van der Waals surface area contributed by atoms with Crippen LogP contribution in [0.1, 0.15) is 31.2 Å². The molecule has 20 heavy (non-hydrogen) atoms. The lowest BCUT2D eigenvalue weighted by Gasteiger charge is -2.30. The predicted octanol–water partition coefficient (Wildman–Crippen LogP) is 3.10. The molecule has 2 fully saturated rings. The van der Waals surface area contributed by atoms with Crippen LogP contribution in [0.5, 0.6) is 0 Å². The van der Waals surface area contributed by atoms with Crippen molar-refractivity contribution in [2.45, 2.75) is 38.6 Å². The van der Waals surface area contributed by atoms with Gasteiger partial charge in [-0.25, -0.2) is 0 Å². The maximum atomic E-state index is 3.74. The van der Waals surface area contributed by atoms with Gasteiger partial charge < -0.3 is 15.1 Å². The van der Waals surface area contributed by atoms with E-state index >= 15 is 0 Å². The largest absolute Gasteiger partial charge is 0.382 e. The second-order valence-electron chi connectivity index (χ2n) is 6.42. The van der Waals surface area contributed by atoms with E-state index in [1.807, 2.05) is 0 Å². The van der Waals surface area contributed by atoms with E-state index in [0.717, 1.165) is 0 Å². The minimum Gasteiger partial charge on any atom is -0.382 e. The van der Waals surface area contributed by atoms with E-state index in [2.05, 4.69) is 47.3 Å². The molecule has 1 N–H and O–H groups in total. The standard InChI is InChI=1S/C17H27N3/c1-14-13-16(20-9-3-4-10-20)5-6-17(14)18-15-7-11-19(2)12-8-15/h5-6,13,15,18H,3-4,7-12H2,1-2H3. The van der Waals surface area contributed by atoms with Crippen molar-refractivity contribution in [1.82, 2.24) is 4.90 Å². The number of nitrogens with one attached hydrogen (secondary N) is 1. The van der Waals surface area contributed by atoms with Crippen LogP contribution in [-0.4, -0.2) is 44.2 Å². The molecule has 0 amide bonds. The molecular formula is C17H27N3. The molecule has 2 aliphatic heterocycles. The molecule has 2 saturated heterocycles. The zero-order valence-electron chi connectivity index (χ0n) is 12.9. The SMILES string of the molecule is Cc1cc(N2CCCC2)ccc1NC1CCN(C)CC1. The molecule has 3 nitrogen and oxygen atoms in total. The molecule has 0 aliphatic carbocycles. The summed E-state index contributed by atoms with van der Waals surface area (Å²) in [5.41, 5.74) is 4.10. The molecule has 2 aliphatic rings. The Hall–Kier alpha value is -1.22. The summed E-state index contributed by atoms with van der Waals surface area (Å²) in [5, 5.41) is 3.74. The van der Waals surface area contributed by atoms with E-state index in [1.165, 1.54) is 68.8 Å². The van der Waals surface area contributed by atoms with Crippen molar-refractivity contribution < 1.29 is 0 Å². The number of aryl methyl sites for hydroxylation is 1. The van der Waals surface area contributed by atoms with E-state index in [1.54, 1.807) is 0 Å². The first-order valence-corrected chi connectivity index (χ1v) is 8.03. The topological polar surface area (TPSA) is 18.5 Å². The first-order chi connectivity index (χ1) is 9.72. The summed E-state index contributed by atoms with van der Waals surface area (Å²) in [5.74, 6) is 0. The first kappa shape index (κ1) is 13.7. The van der Waals surface area contributed by atoms with Crippen molar-refractivity contribution >= 4 is 11.4 Å². The van der Waals surface area contributed by atoms with Gasteiger partial charge in [0.1, 0.15) is 0 Å². The molecule has 0 saturated carbocycles. The van der Waals surface area contributed by atoms with Crippen molar-refractivity contribution in [3.8, 4) is 0 Å². The minimum absolute atomic E-state index is 0.641. The van der Waals surface area contributed by atoms with Gasteiger partial charge in [-0.1, -0.05) is 0 Å². The highest BCUT2D eigenvalue weighted by molar-refractivity contribution is 5.60. The third kappa shape index (κ3) is 3.09. The predicted molar refractivity (Wildman–Crippen MR) is 86.8 cm³/mol. The molecule has 0 spiro atoms. The average molecular weight is 273 g/mol. The maximum Gasteiger partial charge on any atom is 0.0373 e. The Morgan fingerprint density at radius 3 is 2.40 bits per heavy atom. The zero-order chi connectivity index (χ0) is 13.9. The highest BCUT2D eigenvalue weighted by Crippen LogP contribution is 2.26. The van der Waals surface area contributed by atoms with Gasteiger partial charge in [0.15, 0.2) is 0 Å². The molecule has 3 heteroatoms. The van der Waals surface area contributed by atoms with E-state index in [9.17, 15) is 0 Å². The van der Waals surface area contributed by atoms with Crippen molar-refractivity contribution in [2.75, 3.05) is 43.4 Å². The Labute approximate surface area is 123 Å². The summed E-state index contributed by atoms with van der Waals surface area (Å²) in [6, 6.07) is 7.56. The maximum absolute atomic E-state index is 3.74. The molecule has 0 bridgehead atoms. The summed E-state index contributed by atoms with van der Waals surface area (Å²) in [7, 11) is 2.21. The monoisotopic (exact) mass is 273 g/mol. The van der Waals surface area contributed by atoms with Crippen LogP contribution in [0.25, 0.3) is 0 Å². The number of hydrogen-bond acceptors (Lipinski definition) is 3. The lowest BCUT2D eigenvalue weighted by molar-refractivity contribution is 0.264. The van der Waals surface area contributed by atoms with Crippen molar-refractivity contribution in [3.63, 3.8) is 0 Å². The Bertz CT molecular complexity index is 444. The number of rotatable bonds is 3. The quantitative estimate of drug-likeness (QED) is 0.913. The number of likely N-dealkylation sites (tertiary alicyclic amines) is 1. The first-order valence-electron chi connectivity index (χ1n) is 8.03. The lowest BCUT2D eigenvalue weighted by atomic mass is 10.0. The molecular weight excluding hydrogens is 246 g/mol. The molecule has 0 unspecified atom stereocenters. The lowest BCUT2D eigenvalue weighted by Crippen LogP contribution is -2.36. The Balaban J connectivity index is 1.65. The second kappa shape index (κ2) is 6.04. The Morgan fingerprint density at radius 1 is 1.05 bits per heavy atom. The fraction of sp³-hybridized carbons (Fsp3) is 0.647. The van der Waals surface area contributed by atoms with Gasteiger partial charge in [-0.3, -0.25) is 0 Å². The zero-order valence-corrected chi connectivity index (χ0v) is 12.9. The molecule has 0 radical (unpaired) electrons. The van der Waals surface area contributed by atoms with Crippen molar-refractivity contribution in [1.29, 1.82) is 0 Å². The number of hydrogen-bond donors (Lipinski definition) is 1. The van der Waals surface area contributed by atoms with Gasteiger partial charge in [0.25, 0.3) is 0 Å². The van der Waals surface area contributed by atoms with Crippen molar-refractivity contribution in [3.05, 3.63) is 23.8 Å². The van der Waals surface area contributed by atoms with Crippen LogP contribution in [0, 0.1) is 6.92 Å². The van der Waals surface area contributed by atoms with Crippen LogP contribution in [0.4, 0.5) is 11.4 Å². The second-order valence-corrected chi connectivity index (χ2v) is 6.42. The van der Waals surface area contributed by atoms with Crippen LogP contribution in [0.3, 0.4) is 0 Å². The fourth-order valence-corrected chi connectivity index (χ4v) is 3.35. The summed E-state index contributed by atoms with van der Waals surface area (Å²) >= 11 is 0. The van der Waals surface area contributed by atoms with E-state index in [-0.39, 0.29) is 0 Å². The average Bonchev–Trinajstić information content (AvgIpc) is 2.97. The number of benzene rings is 1. The van der Waals surface area contributed by atoms with Crippen LogP contribution < -0.4 is 10.2 Å². The molecule has 1 aromatic carbocycles. The summed E-state index contributed by atoms with van der Waals surface area (Å²) in [6.07, 6.45) is 5.19. The number of anilines is 2. The summed E-state index contributed by atoms with van der Waals surface area (Å²) in [4.78, 5) is 4.92. The third-order valence-electron chi connectivity index (χ3n) is 4.76. The van der Waals surface area contributed by atoms with Gasteiger partial charge in [-0.05, 0) is 76.5 Å².